The van der Waals surface area contributed by atoms with Gasteiger partial charge in [-0.05, 0) is 23.6 Å². The minimum atomic E-state index is -0.240. The summed E-state index contributed by atoms with van der Waals surface area (Å²) in [4.78, 5) is 10.6. The molecule has 15 heavy (non-hydrogen) atoms. The van der Waals surface area contributed by atoms with Gasteiger partial charge in [-0.25, -0.2) is 0 Å². The van der Waals surface area contributed by atoms with Crippen LogP contribution in [-0.4, -0.2) is 12.6 Å². The monoisotopic (exact) mass is 226 g/mol. The lowest BCUT2D eigenvalue weighted by Gasteiger charge is -2.10. The Kier molecular flexibility index (Phi) is 4.63. The zero-order chi connectivity index (χ0) is 11.3. The normalized spacial score (nSPS) is 10.1. The Morgan fingerprint density at radius 3 is 2.80 bits per heavy atom. The van der Waals surface area contributed by atoms with Gasteiger partial charge in [0.05, 0.1) is 6.61 Å². The van der Waals surface area contributed by atoms with Crippen molar-refractivity contribution in [1.29, 1.82) is 0 Å². The number of halogens is 1. The number of ether oxygens (including phenoxy) is 1. The molecule has 0 aliphatic heterocycles. The van der Waals surface area contributed by atoms with Crippen molar-refractivity contribution in [3.63, 3.8) is 0 Å². The van der Waals surface area contributed by atoms with Gasteiger partial charge in [0.1, 0.15) is 0 Å². The lowest BCUT2D eigenvalue weighted by molar-refractivity contribution is -0.140. The fourth-order valence-corrected chi connectivity index (χ4v) is 1.79. The number of carbonyl (C=O) groups excluding carboxylic acids is 1. The van der Waals surface area contributed by atoms with E-state index in [2.05, 4.69) is 0 Å². The average molecular weight is 227 g/mol. The first-order valence-electron chi connectivity index (χ1n) is 4.92. The molecule has 0 aliphatic rings. The molecule has 0 unspecified atom stereocenters. The molecular formula is C12H15ClO2. The number of esters is 1. The van der Waals surface area contributed by atoms with Crippen LogP contribution < -0.4 is 0 Å². The van der Waals surface area contributed by atoms with Gasteiger partial charge in [0, 0.05) is 19.2 Å². The van der Waals surface area contributed by atoms with E-state index >= 15 is 0 Å². The maximum absolute atomic E-state index is 10.6. The quantitative estimate of drug-likeness (QED) is 0.583. The number of benzene rings is 1. The summed E-state index contributed by atoms with van der Waals surface area (Å²) in [5.74, 6) is 0.257. The highest BCUT2D eigenvalue weighted by molar-refractivity contribution is 6.17. The summed E-state index contributed by atoms with van der Waals surface area (Å²) in [5, 5.41) is 0. The highest BCUT2D eigenvalue weighted by atomic mass is 35.5. The van der Waals surface area contributed by atoms with E-state index in [4.69, 9.17) is 16.3 Å². The van der Waals surface area contributed by atoms with E-state index in [1.165, 1.54) is 18.1 Å². The number of carbonyl (C=O) groups is 1. The third kappa shape index (κ3) is 3.56. The lowest BCUT2D eigenvalue weighted by atomic mass is 10.0. The van der Waals surface area contributed by atoms with Crippen molar-refractivity contribution in [3.8, 4) is 0 Å². The van der Waals surface area contributed by atoms with E-state index in [-0.39, 0.29) is 5.97 Å². The largest absolute Gasteiger partial charge is 0.466 e. The van der Waals surface area contributed by atoms with Crippen LogP contribution in [0.15, 0.2) is 18.2 Å². The van der Waals surface area contributed by atoms with Crippen LogP contribution in [0.5, 0.6) is 0 Å². The first kappa shape index (κ1) is 12.1. The molecule has 0 radical (unpaired) electrons. The van der Waals surface area contributed by atoms with Crippen molar-refractivity contribution in [2.45, 2.75) is 26.1 Å². The SMILES string of the molecule is CC(=O)OCCc1c(C)cccc1CCl. The summed E-state index contributed by atoms with van der Waals surface area (Å²) in [5.41, 5.74) is 3.50. The summed E-state index contributed by atoms with van der Waals surface area (Å²) < 4.78 is 4.92. The molecule has 0 spiro atoms. The molecule has 0 amide bonds. The molecule has 82 valence electrons. The highest BCUT2D eigenvalue weighted by Crippen LogP contribution is 2.16. The maximum Gasteiger partial charge on any atom is 0.302 e. The topological polar surface area (TPSA) is 26.3 Å². The summed E-state index contributed by atoms with van der Waals surface area (Å²) in [6.45, 7) is 3.88. The van der Waals surface area contributed by atoms with Crippen molar-refractivity contribution in [1.82, 2.24) is 0 Å². The molecule has 0 bridgehead atoms. The van der Waals surface area contributed by atoms with Crippen LogP contribution in [0.4, 0.5) is 0 Å². The molecule has 1 aromatic rings. The summed E-state index contributed by atoms with van der Waals surface area (Å²) >= 11 is 5.84. The Hall–Kier alpha value is -1.02. The van der Waals surface area contributed by atoms with Gasteiger partial charge in [-0.15, -0.1) is 11.6 Å². The molecule has 0 heterocycles. The van der Waals surface area contributed by atoms with E-state index in [9.17, 15) is 4.79 Å². The van der Waals surface area contributed by atoms with Crippen LogP contribution in [0.3, 0.4) is 0 Å². The summed E-state index contributed by atoms with van der Waals surface area (Å²) in [6.07, 6.45) is 0.730. The number of aryl methyl sites for hydroxylation is 1. The molecule has 0 aliphatic carbocycles. The Balaban J connectivity index is 2.70. The average Bonchev–Trinajstić information content (AvgIpc) is 2.20. The summed E-state index contributed by atoms with van der Waals surface area (Å²) in [6, 6.07) is 6.03. The van der Waals surface area contributed by atoms with Gasteiger partial charge >= 0.3 is 5.97 Å². The van der Waals surface area contributed by atoms with Gasteiger partial charge in [-0.2, -0.15) is 0 Å². The minimum Gasteiger partial charge on any atom is -0.466 e. The van der Waals surface area contributed by atoms with Gasteiger partial charge in [0.15, 0.2) is 0 Å². The smallest absolute Gasteiger partial charge is 0.302 e. The first-order chi connectivity index (χ1) is 7.15. The molecule has 3 heteroatoms. The zero-order valence-corrected chi connectivity index (χ0v) is 9.80. The van der Waals surface area contributed by atoms with Gasteiger partial charge < -0.3 is 4.74 Å². The second-order valence-electron chi connectivity index (χ2n) is 3.44. The molecule has 0 saturated carbocycles. The zero-order valence-electron chi connectivity index (χ0n) is 9.05. The molecule has 0 N–H and O–H groups in total. The van der Waals surface area contributed by atoms with Gasteiger partial charge in [0.2, 0.25) is 0 Å². The van der Waals surface area contributed by atoms with Crippen molar-refractivity contribution in [2.75, 3.05) is 6.61 Å². The van der Waals surface area contributed by atoms with Crippen molar-refractivity contribution in [3.05, 3.63) is 34.9 Å². The van der Waals surface area contributed by atoms with E-state index in [1.807, 2.05) is 25.1 Å². The fourth-order valence-electron chi connectivity index (χ4n) is 1.54. The predicted molar refractivity (Wildman–Crippen MR) is 61.1 cm³/mol. The van der Waals surface area contributed by atoms with Crippen LogP contribution in [-0.2, 0) is 21.8 Å². The van der Waals surface area contributed by atoms with E-state index in [0.29, 0.717) is 12.5 Å². The number of alkyl halides is 1. The van der Waals surface area contributed by atoms with Crippen molar-refractivity contribution < 1.29 is 9.53 Å². The molecule has 0 fully saturated rings. The summed E-state index contributed by atoms with van der Waals surface area (Å²) in [7, 11) is 0. The van der Waals surface area contributed by atoms with E-state index in [0.717, 1.165) is 12.0 Å². The van der Waals surface area contributed by atoms with Gasteiger partial charge in [-0.3, -0.25) is 4.79 Å². The van der Waals surface area contributed by atoms with E-state index < -0.39 is 0 Å². The molecule has 0 aromatic heterocycles. The highest BCUT2D eigenvalue weighted by Gasteiger charge is 2.05. The molecule has 1 rings (SSSR count). The first-order valence-corrected chi connectivity index (χ1v) is 5.45. The Morgan fingerprint density at radius 2 is 2.20 bits per heavy atom. The molecule has 0 saturated heterocycles. The Morgan fingerprint density at radius 1 is 1.47 bits per heavy atom. The lowest BCUT2D eigenvalue weighted by Crippen LogP contribution is -2.06. The van der Waals surface area contributed by atoms with Crippen molar-refractivity contribution in [2.24, 2.45) is 0 Å². The van der Waals surface area contributed by atoms with Crippen LogP contribution in [0.1, 0.15) is 23.6 Å². The van der Waals surface area contributed by atoms with Crippen LogP contribution >= 0.6 is 11.6 Å². The molecule has 1 aromatic carbocycles. The Bertz CT molecular complexity index is 347. The van der Waals surface area contributed by atoms with Gasteiger partial charge in [-0.1, -0.05) is 18.2 Å². The third-order valence-electron chi connectivity index (χ3n) is 2.31. The standard InChI is InChI=1S/C12H15ClO2/c1-9-4-3-5-11(8-13)12(9)6-7-15-10(2)14/h3-5H,6-8H2,1-2H3. The number of hydrogen-bond donors (Lipinski definition) is 0. The second kappa shape index (κ2) is 5.76. The second-order valence-corrected chi connectivity index (χ2v) is 3.70. The predicted octanol–water partition coefficient (Wildman–Crippen LogP) is 2.84. The van der Waals surface area contributed by atoms with Gasteiger partial charge in [0.25, 0.3) is 0 Å². The molecule has 2 nitrogen and oxygen atoms in total. The fraction of sp³-hybridized carbons (Fsp3) is 0.417. The number of rotatable bonds is 4. The maximum atomic E-state index is 10.6. The molecule has 0 atom stereocenters. The van der Waals surface area contributed by atoms with Crippen LogP contribution in [0, 0.1) is 6.92 Å². The molecular weight excluding hydrogens is 212 g/mol. The van der Waals surface area contributed by atoms with E-state index in [1.54, 1.807) is 0 Å². The van der Waals surface area contributed by atoms with Crippen LogP contribution in [0.25, 0.3) is 0 Å². The third-order valence-corrected chi connectivity index (χ3v) is 2.60. The Labute approximate surface area is 95.2 Å². The minimum absolute atomic E-state index is 0.240. The van der Waals surface area contributed by atoms with Crippen molar-refractivity contribution >= 4 is 17.6 Å². The van der Waals surface area contributed by atoms with Crippen LogP contribution in [0.2, 0.25) is 0 Å². The number of hydrogen-bond acceptors (Lipinski definition) is 2.